The highest BCUT2D eigenvalue weighted by atomic mass is 35.5. The molecule has 2 rings (SSSR count). The molecule has 0 unspecified atom stereocenters. The number of aryl methyl sites for hydroxylation is 1. The third-order valence-electron chi connectivity index (χ3n) is 3.45. The molecule has 0 spiro atoms. The zero-order valence-corrected chi connectivity index (χ0v) is 15.8. The van der Waals surface area contributed by atoms with Gasteiger partial charge in [0.25, 0.3) is 0 Å². The van der Waals surface area contributed by atoms with Gasteiger partial charge in [0.2, 0.25) is 0 Å². The zero-order chi connectivity index (χ0) is 17.4. The molecule has 0 heterocycles. The molecule has 0 aromatic heterocycles. The largest absolute Gasteiger partial charge is 0.362 e. The summed E-state index contributed by atoms with van der Waals surface area (Å²) in [5.74, 6) is 1.65. The van der Waals surface area contributed by atoms with Crippen molar-refractivity contribution in [2.75, 3.05) is 17.6 Å². The van der Waals surface area contributed by atoms with E-state index in [0.717, 1.165) is 24.5 Å². The first-order valence-electron chi connectivity index (χ1n) is 7.68. The molecule has 0 fully saturated rings. The number of hydrogen-bond acceptors (Lipinski definition) is 2. The van der Waals surface area contributed by atoms with Gasteiger partial charge < -0.3 is 10.6 Å². The average molecular weight is 383 g/mol. The van der Waals surface area contributed by atoms with Crippen molar-refractivity contribution in [1.82, 2.24) is 5.32 Å². The van der Waals surface area contributed by atoms with Gasteiger partial charge in [-0.1, -0.05) is 35.9 Å². The van der Waals surface area contributed by atoms with E-state index >= 15 is 0 Å². The minimum absolute atomic E-state index is 0.0791. The van der Waals surface area contributed by atoms with Crippen LogP contribution in [0.1, 0.15) is 17.5 Å². The second kappa shape index (κ2) is 9.87. The fourth-order valence-corrected chi connectivity index (χ4v) is 3.52. The van der Waals surface area contributed by atoms with E-state index in [1.54, 1.807) is 6.07 Å². The van der Waals surface area contributed by atoms with E-state index in [9.17, 15) is 4.39 Å². The van der Waals surface area contributed by atoms with Gasteiger partial charge in [0.15, 0.2) is 5.11 Å². The number of thiocarbonyl (C=S) groups is 1. The lowest BCUT2D eigenvalue weighted by Crippen LogP contribution is -2.29. The van der Waals surface area contributed by atoms with Gasteiger partial charge in [-0.2, -0.15) is 11.8 Å². The fraction of sp³-hybridized carbons (Fsp3) is 0.278. The molecule has 0 radical (unpaired) electrons. The van der Waals surface area contributed by atoms with Crippen LogP contribution in [0.4, 0.5) is 10.1 Å². The standard InChI is InChI=1S/C18H20ClFN2S2/c1-13-5-2-3-6-14(13)12-24-10-4-9-21-18(23)22-15-7-8-17(20)16(19)11-15/h2-3,5-8,11H,4,9-10,12H2,1H3,(H2,21,22,23). The maximum atomic E-state index is 13.1. The first kappa shape index (κ1) is 19.0. The van der Waals surface area contributed by atoms with Crippen LogP contribution < -0.4 is 10.6 Å². The van der Waals surface area contributed by atoms with Gasteiger partial charge in [-0.25, -0.2) is 4.39 Å². The average Bonchev–Trinajstić information content (AvgIpc) is 2.56. The van der Waals surface area contributed by atoms with E-state index in [2.05, 4.69) is 41.8 Å². The molecular formula is C18H20ClFN2S2. The molecular weight excluding hydrogens is 363 g/mol. The van der Waals surface area contributed by atoms with Crippen molar-refractivity contribution in [3.05, 3.63) is 64.4 Å². The summed E-state index contributed by atoms with van der Waals surface area (Å²) in [6.07, 6.45) is 1.02. The third kappa shape index (κ3) is 6.30. The van der Waals surface area contributed by atoms with Crippen molar-refractivity contribution in [2.24, 2.45) is 0 Å². The molecule has 2 N–H and O–H groups in total. The quantitative estimate of drug-likeness (QED) is 0.494. The van der Waals surface area contributed by atoms with E-state index in [-0.39, 0.29) is 5.02 Å². The molecule has 128 valence electrons. The first-order valence-corrected chi connectivity index (χ1v) is 9.62. The molecule has 0 aliphatic carbocycles. The van der Waals surface area contributed by atoms with Crippen LogP contribution in [-0.4, -0.2) is 17.4 Å². The monoisotopic (exact) mass is 382 g/mol. The van der Waals surface area contributed by atoms with Crippen molar-refractivity contribution in [3.63, 3.8) is 0 Å². The van der Waals surface area contributed by atoms with E-state index in [4.69, 9.17) is 23.8 Å². The Kier molecular flexibility index (Phi) is 7.82. The number of hydrogen-bond donors (Lipinski definition) is 2. The summed E-state index contributed by atoms with van der Waals surface area (Å²) in [5.41, 5.74) is 3.40. The molecule has 0 atom stereocenters. The highest BCUT2D eigenvalue weighted by Crippen LogP contribution is 2.19. The van der Waals surface area contributed by atoms with Crippen LogP contribution in [0.25, 0.3) is 0 Å². The number of nitrogens with one attached hydrogen (secondary N) is 2. The summed E-state index contributed by atoms with van der Waals surface area (Å²) < 4.78 is 13.1. The molecule has 0 aliphatic heterocycles. The molecule has 0 saturated carbocycles. The SMILES string of the molecule is Cc1ccccc1CSCCCNC(=S)Nc1ccc(F)c(Cl)c1. The zero-order valence-electron chi connectivity index (χ0n) is 13.4. The Balaban J connectivity index is 1.61. The number of thioether (sulfide) groups is 1. The van der Waals surface area contributed by atoms with Gasteiger partial charge in [-0.15, -0.1) is 0 Å². The van der Waals surface area contributed by atoms with Crippen molar-refractivity contribution < 1.29 is 4.39 Å². The van der Waals surface area contributed by atoms with Crippen LogP contribution in [0.5, 0.6) is 0 Å². The van der Waals surface area contributed by atoms with Crippen LogP contribution in [0.15, 0.2) is 42.5 Å². The van der Waals surface area contributed by atoms with Crippen molar-refractivity contribution in [2.45, 2.75) is 19.1 Å². The Morgan fingerprint density at radius 1 is 1.25 bits per heavy atom. The van der Waals surface area contributed by atoms with E-state index in [0.29, 0.717) is 10.8 Å². The van der Waals surface area contributed by atoms with Crippen molar-refractivity contribution in [1.29, 1.82) is 0 Å². The Morgan fingerprint density at radius 3 is 2.79 bits per heavy atom. The second-order valence-electron chi connectivity index (χ2n) is 5.34. The van der Waals surface area contributed by atoms with E-state index in [1.165, 1.54) is 23.3 Å². The lowest BCUT2D eigenvalue weighted by atomic mass is 10.1. The molecule has 6 heteroatoms. The van der Waals surface area contributed by atoms with Crippen molar-refractivity contribution in [3.8, 4) is 0 Å². The molecule has 2 aromatic carbocycles. The van der Waals surface area contributed by atoms with Crippen LogP contribution >= 0.6 is 35.6 Å². The number of benzene rings is 2. The highest BCUT2D eigenvalue weighted by molar-refractivity contribution is 7.98. The molecule has 0 bridgehead atoms. The second-order valence-corrected chi connectivity index (χ2v) is 7.26. The Bertz CT molecular complexity index is 694. The molecule has 0 aliphatic rings. The van der Waals surface area contributed by atoms with Gasteiger partial charge in [0, 0.05) is 18.0 Å². The lowest BCUT2D eigenvalue weighted by molar-refractivity contribution is 0.628. The van der Waals surface area contributed by atoms with E-state index in [1.807, 2.05) is 11.8 Å². The number of anilines is 1. The highest BCUT2D eigenvalue weighted by Gasteiger charge is 2.02. The predicted octanol–water partition coefficient (Wildman–Crippen LogP) is 5.40. The normalized spacial score (nSPS) is 10.5. The van der Waals surface area contributed by atoms with Crippen LogP contribution in [-0.2, 0) is 5.75 Å². The van der Waals surface area contributed by atoms with Gasteiger partial charge >= 0.3 is 0 Å². The Labute approximate surface area is 157 Å². The fourth-order valence-electron chi connectivity index (χ4n) is 2.08. The molecule has 0 amide bonds. The Hall–Kier alpha value is -1.30. The molecule has 0 saturated heterocycles. The summed E-state index contributed by atoms with van der Waals surface area (Å²) in [4.78, 5) is 0. The minimum Gasteiger partial charge on any atom is -0.362 e. The number of rotatable bonds is 7. The number of halogens is 2. The summed E-state index contributed by atoms with van der Waals surface area (Å²) in [6.45, 7) is 2.94. The minimum atomic E-state index is -0.438. The van der Waals surface area contributed by atoms with Crippen LogP contribution in [0, 0.1) is 12.7 Å². The van der Waals surface area contributed by atoms with Crippen LogP contribution in [0.2, 0.25) is 5.02 Å². The van der Waals surface area contributed by atoms with E-state index < -0.39 is 5.82 Å². The van der Waals surface area contributed by atoms with Gasteiger partial charge in [-0.3, -0.25) is 0 Å². The predicted molar refractivity (Wildman–Crippen MR) is 108 cm³/mol. The summed E-state index contributed by atoms with van der Waals surface area (Å²) >= 11 is 12.9. The summed E-state index contributed by atoms with van der Waals surface area (Å²) in [5, 5.41) is 6.74. The third-order valence-corrected chi connectivity index (χ3v) is 5.08. The van der Waals surface area contributed by atoms with Gasteiger partial charge in [0.05, 0.1) is 5.02 Å². The molecule has 2 aromatic rings. The molecule has 2 nitrogen and oxygen atoms in total. The van der Waals surface area contributed by atoms with Gasteiger partial charge in [-0.05, 0) is 60.6 Å². The molecule has 24 heavy (non-hydrogen) atoms. The lowest BCUT2D eigenvalue weighted by Gasteiger charge is -2.11. The summed E-state index contributed by atoms with van der Waals surface area (Å²) in [7, 11) is 0. The van der Waals surface area contributed by atoms with Crippen molar-refractivity contribution >= 4 is 46.4 Å². The maximum absolute atomic E-state index is 13.1. The van der Waals surface area contributed by atoms with Crippen LogP contribution in [0.3, 0.4) is 0 Å². The first-order chi connectivity index (χ1) is 11.6. The Morgan fingerprint density at radius 2 is 2.04 bits per heavy atom. The maximum Gasteiger partial charge on any atom is 0.170 e. The topological polar surface area (TPSA) is 24.1 Å². The van der Waals surface area contributed by atoms with Gasteiger partial charge in [0.1, 0.15) is 5.82 Å². The smallest absolute Gasteiger partial charge is 0.170 e. The summed E-state index contributed by atoms with van der Waals surface area (Å²) in [6, 6.07) is 12.9.